The van der Waals surface area contributed by atoms with Gasteiger partial charge in [0, 0.05) is 25.7 Å². The number of rotatable bonds is 3. The van der Waals surface area contributed by atoms with Crippen molar-refractivity contribution in [2.45, 2.75) is 31.7 Å². The van der Waals surface area contributed by atoms with Crippen molar-refractivity contribution in [1.82, 2.24) is 4.90 Å². The first-order valence-corrected chi connectivity index (χ1v) is 8.50. The summed E-state index contributed by atoms with van der Waals surface area (Å²) in [6.07, 6.45) is 4.97. The number of nitrogens with two attached hydrogens (primary N) is 1. The van der Waals surface area contributed by atoms with Crippen molar-refractivity contribution < 1.29 is 0 Å². The highest BCUT2D eigenvalue weighted by Crippen LogP contribution is 2.27. The molecule has 2 aliphatic heterocycles. The molecule has 0 amide bonds. The van der Waals surface area contributed by atoms with Gasteiger partial charge in [-0.05, 0) is 56.8 Å². The minimum Gasteiger partial charge on any atom is -0.370 e. The Balaban J connectivity index is 1.59. The molecule has 0 spiro atoms. The van der Waals surface area contributed by atoms with Gasteiger partial charge in [0.25, 0.3) is 0 Å². The van der Waals surface area contributed by atoms with Crippen LogP contribution in [-0.2, 0) is 0 Å². The number of nitrogens with zero attached hydrogens (tertiary/aromatic N) is 3. The summed E-state index contributed by atoms with van der Waals surface area (Å²) in [7, 11) is 0. The van der Waals surface area contributed by atoms with E-state index in [4.69, 9.17) is 5.73 Å². The van der Waals surface area contributed by atoms with Crippen molar-refractivity contribution in [1.29, 1.82) is 5.26 Å². The molecular formula is C18H26N4. The largest absolute Gasteiger partial charge is 0.370 e. The van der Waals surface area contributed by atoms with Crippen molar-refractivity contribution in [3.05, 3.63) is 29.8 Å². The molecule has 2 saturated heterocycles. The molecule has 22 heavy (non-hydrogen) atoms. The molecule has 2 fully saturated rings. The van der Waals surface area contributed by atoms with Crippen molar-refractivity contribution in [3.63, 3.8) is 0 Å². The van der Waals surface area contributed by atoms with Crippen LogP contribution < -0.4 is 10.6 Å². The fourth-order valence-corrected chi connectivity index (χ4v) is 3.94. The van der Waals surface area contributed by atoms with E-state index in [1.807, 2.05) is 18.2 Å². The van der Waals surface area contributed by atoms with E-state index in [2.05, 4.69) is 21.9 Å². The van der Waals surface area contributed by atoms with E-state index in [-0.39, 0.29) is 0 Å². The molecule has 1 aromatic rings. The molecule has 2 aliphatic rings. The van der Waals surface area contributed by atoms with Crippen molar-refractivity contribution >= 4 is 5.69 Å². The van der Waals surface area contributed by atoms with Gasteiger partial charge >= 0.3 is 0 Å². The molecular weight excluding hydrogens is 272 g/mol. The standard InChI is InChI=1S/C18H26N4/c19-12-15-4-3-9-22(14-15)17-7-10-21(11-8-17)18-6-2-1-5-16(18)13-20/h1-2,5-6,15,17H,3-4,7-12,14,19H2. The van der Waals surface area contributed by atoms with Crippen LogP contribution in [0.4, 0.5) is 5.69 Å². The van der Waals surface area contributed by atoms with E-state index in [9.17, 15) is 5.26 Å². The Labute approximate surface area is 133 Å². The van der Waals surface area contributed by atoms with Crippen molar-refractivity contribution in [2.24, 2.45) is 11.7 Å². The van der Waals surface area contributed by atoms with Gasteiger partial charge in [0.1, 0.15) is 6.07 Å². The molecule has 0 aliphatic carbocycles. The minimum absolute atomic E-state index is 0.686. The minimum atomic E-state index is 0.686. The number of nitriles is 1. The zero-order chi connectivity index (χ0) is 15.4. The maximum atomic E-state index is 9.26. The van der Waals surface area contributed by atoms with Gasteiger partial charge < -0.3 is 10.6 Å². The summed E-state index contributed by atoms with van der Waals surface area (Å²) < 4.78 is 0. The molecule has 118 valence electrons. The van der Waals surface area contributed by atoms with Crippen LogP contribution in [0.5, 0.6) is 0 Å². The number of likely N-dealkylation sites (tertiary alicyclic amines) is 1. The van der Waals surface area contributed by atoms with E-state index >= 15 is 0 Å². The summed E-state index contributed by atoms with van der Waals surface area (Å²) >= 11 is 0. The summed E-state index contributed by atoms with van der Waals surface area (Å²) in [5.41, 5.74) is 7.75. The highest BCUT2D eigenvalue weighted by Gasteiger charge is 2.28. The number of para-hydroxylation sites is 1. The molecule has 0 saturated carbocycles. The third kappa shape index (κ3) is 3.26. The highest BCUT2D eigenvalue weighted by molar-refractivity contribution is 5.59. The van der Waals surface area contributed by atoms with E-state index in [1.54, 1.807) is 0 Å². The van der Waals surface area contributed by atoms with Gasteiger partial charge in [0.2, 0.25) is 0 Å². The Morgan fingerprint density at radius 2 is 1.91 bits per heavy atom. The molecule has 2 heterocycles. The van der Waals surface area contributed by atoms with Gasteiger partial charge in [-0.3, -0.25) is 4.90 Å². The lowest BCUT2D eigenvalue weighted by Gasteiger charge is -2.43. The SMILES string of the molecule is N#Cc1ccccc1N1CCC(N2CCCC(CN)C2)CC1. The second kappa shape index (κ2) is 7.13. The molecule has 4 heteroatoms. The van der Waals surface area contributed by atoms with Gasteiger partial charge in [-0.1, -0.05) is 12.1 Å². The summed E-state index contributed by atoms with van der Waals surface area (Å²) in [5.74, 6) is 0.686. The van der Waals surface area contributed by atoms with Gasteiger partial charge in [-0.2, -0.15) is 5.26 Å². The van der Waals surface area contributed by atoms with Gasteiger partial charge in [0.15, 0.2) is 0 Å². The van der Waals surface area contributed by atoms with E-state index in [0.717, 1.165) is 30.9 Å². The zero-order valence-corrected chi connectivity index (χ0v) is 13.2. The quantitative estimate of drug-likeness (QED) is 0.929. The first-order chi connectivity index (χ1) is 10.8. The predicted molar refractivity (Wildman–Crippen MR) is 89.7 cm³/mol. The zero-order valence-electron chi connectivity index (χ0n) is 13.2. The van der Waals surface area contributed by atoms with Crippen LogP contribution in [0.1, 0.15) is 31.2 Å². The molecule has 0 aromatic heterocycles. The van der Waals surface area contributed by atoms with Crippen LogP contribution in [0.3, 0.4) is 0 Å². The number of anilines is 1. The van der Waals surface area contributed by atoms with Gasteiger partial charge in [-0.15, -0.1) is 0 Å². The fraction of sp³-hybridized carbons (Fsp3) is 0.611. The lowest BCUT2D eigenvalue weighted by molar-refractivity contribution is 0.109. The maximum Gasteiger partial charge on any atom is 0.101 e. The summed E-state index contributed by atoms with van der Waals surface area (Å²) in [6.45, 7) is 5.33. The number of benzene rings is 1. The van der Waals surface area contributed by atoms with Crippen molar-refractivity contribution in [3.8, 4) is 6.07 Å². The molecule has 4 nitrogen and oxygen atoms in total. The van der Waals surface area contributed by atoms with Crippen molar-refractivity contribution in [2.75, 3.05) is 37.6 Å². The Kier molecular flexibility index (Phi) is 4.97. The predicted octanol–water partition coefficient (Wildman–Crippen LogP) is 2.20. The number of piperidine rings is 2. The summed E-state index contributed by atoms with van der Waals surface area (Å²) in [5, 5.41) is 9.26. The van der Waals surface area contributed by atoms with E-state index < -0.39 is 0 Å². The number of hydrogen-bond donors (Lipinski definition) is 1. The second-order valence-corrected chi connectivity index (χ2v) is 6.59. The Morgan fingerprint density at radius 3 is 2.64 bits per heavy atom. The van der Waals surface area contributed by atoms with Crippen LogP contribution >= 0.6 is 0 Å². The Bertz CT molecular complexity index is 528. The number of hydrogen-bond acceptors (Lipinski definition) is 4. The molecule has 1 atom stereocenters. The molecule has 1 unspecified atom stereocenters. The lowest BCUT2D eigenvalue weighted by atomic mass is 9.93. The maximum absolute atomic E-state index is 9.26. The average Bonchev–Trinajstić information content (AvgIpc) is 2.62. The first kappa shape index (κ1) is 15.3. The normalized spacial score (nSPS) is 24.2. The third-order valence-corrected chi connectivity index (χ3v) is 5.23. The topological polar surface area (TPSA) is 56.3 Å². The smallest absolute Gasteiger partial charge is 0.101 e. The Morgan fingerprint density at radius 1 is 1.14 bits per heavy atom. The summed E-state index contributed by atoms with van der Waals surface area (Å²) in [4.78, 5) is 5.04. The first-order valence-electron chi connectivity index (χ1n) is 8.50. The highest BCUT2D eigenvalue weighted by atomic mass is 15.2. The second-order valence-electron chi connectivity index (χ2n) is 6.59. The molecule has 2 N–H and O–H groups in total. The monoisotopic (exact) mass is 298 g/mol. The van der Waals surface area contributed by atoms with Gasteiger partial charge in [-0.25, -0.2) is 0 Å². The molecule has 0 bridgehead atoms. The van der Waals surface area contributed by atoms with E-state index in [0.29, 0.717) is 12.0 Å². The van der Waals surface area contributed by atoms with Gasteiger partial charge in [0.05, 0.1) is 11.3 Å². The molecule has 1 aromatic carbocycles. The van der Waals surface area contributed by atoms with Crippen LogP contribution in [0.15, 0.2) is 24.3 Å². The summed E-state index contributed by atoms with van der Waals surface area (Å²) in [6, 6.07) is 11.0. The third-order valence-electron chi connectivity index (χ3n) is 5.23. The molecule has 0 radical (unpaired) electrons. The van der Waals surface area contributed by atoms with Crippen LogP contribution in [-0.4, -0.2) is 43.7 Å². The lowest BCUT2D eigenvalue weighted by Crippen LogP contribution is -2.49. The molecule has 3 rings (SSSR count). The van der Waals surface area contributed by atoms with Crippen LogP contribution in [0.25, 0.3) is 0 Å². The van der Waals surface area contributed by atoms with Crippen LogP contribution in [0, 0.1) is 17.2 Å². The fourth-order valence-electron chi connectivity index (χ4n) is 3.94. The van der Waals surface area contributed by atoms with Crippen LogP contribution in [0.2, 0.25) is 0 Å². The Hall–Kier alpha value is -1.57. The average molecular weight is 298 g/mol. The van der Waals surface area contributed by atoms with E-state index in [1.165, 1.54) is 38.8 Å².